The molecule has 3 heteroatoms. The Morgan fingerprint density at radius 1 is 0.645 bits per heavy atom. The zero-order chi connectivity index (χ0) is 23.0. The van der Waals surface area contributed by atoms with E-state index in [9.17, 15) is 4.79 Å². The van der Waals surface area contributed by atoms with Gasteiger partial charge in [-0.3, -0.25) is 4.79 Å². The van der Waals surface area contributed by atoms with E-state index in [0.717, 1.165) is 25.9 Å². The first-order chi connectivity index (χ1) is 15.2. The molecule has 0 aromatic rings. The van der Waals surface area contributed by atoms with Crippen LogP contribution in [0.3, 0.4) is 0 Å². The third-order valence-corrected chi connectivity index (χ3v) is 7.00. The van der Waals surface area contributed by atoms with Gasteiger partial charge in [-0.25, -0.2) is 0 Å². The van der Waals surface area contributed by atoms with Crippen LogP contribution < -0.4 is 0 Å². The van der Waals surface area contributed by atoms with Gasteiger partial charge in [-0.1, -0.05) is 136 Å². The molecule has 0 spiro atoms. The molecule has 0 heterocycles. The monoisotopic (exact) mass is 457 g/mol. The molecule has 1 amide bonds. The summed E-state index contributed by atoms with van der Waals surface area (Å²) in [5.41, 5.74) is 0. The SMILES string of the molecule is CCCCCCCCCCCCCCCCCCN(CC(CC)CCCC)C(=O)CCl. The average molecular weight is 458 g/mol. The lowest BCUT2D eigenvalue weighted by atomic mass is 9.98. The first-order valence-corrected chi connectivity index (χ1v) is 14.6. The minimum Gasteiger partial charge on any atom is -0.341 e. The predicted molar refractivity (Wildman–Crippen MR) is 140 cm³/mol. The van der Waals surface area contributed by atoms with E-state index in [1.165, 1.54) is 116 Å². The molecule has 0 N–H and O–H groups in total. The fourth-order valence-corrected chi connectivity index (χ4v) is 4.65. The smallest absolute Gasteiger partial charge is 0.237 e. The molecule has 0 bridgehead atoms. The highest BCUT2D eigenvalue weighted by molar-refractivity contribution is 6.27. The number of amides is 1. The predicted octanol–water partition coefficient (Wildman–Crippen LogP) is 9.53. The van der Waals surface area contributed by atoms with Gasteiger partial charge in [0.2, 0.25) is 5.91 Å². The number of hydrogen-bond acceptors (Lipinski definition) is 1. The fraction of sp³-hybridized carbons (Fsp3) is 0.964. The molecule has 1 atom stereocenters. The van der Waals surface area contributed by atoms with Crippen LogP contribution in [0.1, 0.15) is 149 Å². The summed E-state index contributed by atoms with van der Waals surface area (Å²) >= 11 is 5.86. The molecule has 0 fully saturated rings. The molecule has 0 aromatic heterocycles. The van der Waals surface area contributed by atoms with Crippen molar-refractivity contribution < 1.29 is 4.79 Å². The molecule has 0 rings (SSSR count). The largest absolute Gasteiger partial charge is 0.341 e. The Morgan fingerprint density at radius 2 is 1.06 bits per heavy atom. The molecule has 186 valence electrons. The maximum Gasteiger partial charge on any atom is 0.237 e. The first-order valence-electron chi connectivity index (χ1n) is 14.0. The lowest BCUT2D eigenvalue weighted by Gasteiger charge is -2.27. The minimum absolute atomic E-state index is 0.123. The summed E-state index contributed by atoms with van der Waals surface area (Å²) in [6.07, 6.45) is 27.0. The first kappa shape index (κ1) is 30.8. The maximum atomic E-state index is 12.2. The van der Waals surface area contributed by atoms with Crippen molar-refractivity contribution in [3.8, 4) is 0 Å². The number of nitrogens with zero attached hydrogens (tertiary/aromatic N) is 1. The summed E-state index contributed by atoms with van der Waals surface area (Å²) in [6, 6.07) is 0. The molecule has 0 aliphatic rings. The Morgan fingerprint density at radius 3 is 1.45 bits per heavy atom. The number of rotatable bonds is 24. The van der Waals surface area contributed by atoms with Gasteiger partial charge in [-0.15, -0.1) is 11.6 Å². The van der Waals surface area contributed by atoms with E-state index in [1.807, 2.05) is 4.90 Å². The molecule has 1 unspecified atom stereocenters. The van der Waals surface area contributed by atoms with E-state index >= 15 is 0 Å². The Hall–Kier alpha value is -0.240. The van der Waals surface area contributed by atoms with Crippen molar-refractivity contribution in [3.05, 3.63) is 0 Å². The lowest BCUT2D eigenvalue weighted by Crippen LogP contribution is -2.37. The number of carbonyl (C=O) groups is 1. The van der Waals surface area contributed by atoms with Gasteiger partial charge in [0.1, 0.15) is 5.88 Å². The summed E-state index contributed by atoms with van der Waals surface area (Å²) in [4.78, 5) is 14.3. The van der Waals surface area contributed by atoms with Crippen molar-refractivity contribution in [1.82, 2.24) is 4.90 Å². The van der Waals surface area contributed by atoms with Gasteiger partial charge in [0.15, 0.2) is 0 Å². The van der Waals surface area contributed by atoms with Crippen molar-refractivity contribution in [3.63, 3.8) is 0 Å². The molecular weight excluding hydrogens is 402 g/mol. The van der Waals surface area contributed by atoms with Crippen LogP contribution in [-0.4, -0.2) is 29.8 Å². The fourth-order valence-electron chi connectivity index (χ4n) is 4.48. The zero-order valence-corrected chi connectivity index (χ0v) is 22.3. The summed E-state index contributed by atoms with van der Waals surface area (Å²) in [5.74, 6) is 0.883. The minimum atomic E-state index is 0.123. The van der Waals surface area contributed by atoms with E-state index in [2.05, 4.69) is 20.8 Å². The molecule has 0 saturated heterocycles. The summed E-state index contributed by atoms with van der Waals surface area (Å²) in [6.45, 7) is 8.58. The lowest BCUT2D eigenvalue weighted by molar-refractivity contribution is -0.129. The van der Waals surface area contributed by atoms with E-state index in [1.54, 1.807) is 0 Å². The zero-order valence-electron chi connectivity index (χ0n) is 21.6. The van der Waals surface area contributed by atoms with Crippen molar-refractivity contribution in [2.24, 2.45) is 5.92 Å². The Labute approximate surface area is 201 Å². The van der Waals surface area contributed by atoms with Crippen LogP contribution >= 0.6 is 11.6 Å². The second kappa shape index (κ2) is 24.4. The van der Waals surface area contributed by atoms with E-state index in [-0.39, 0.29) is 11.8 Å². The van der Waals surface area contributed by atoms with Crippen LogP contribution in [-0.2, 0) is 4.79 Å². The molecule has 0 aliphatic heterocycles. The maximum absolute atomic E-state index is 12.2. The van der Waals surface area contributed by atoms with Gasteiger partial charge in [-0.05, 0) is 18.8 Å². The number of alkyl halides is 1. The van der Waals surface area contributed by atoms with Crippen LogP contribution in [0.5, 0.6) is 0 Å². The van der Waals surface area contributed by atoms with Gasteiger partial charge in [-0.2, -0.15) is 0 Å². The Balaban J connectivity index is 3.61. The van der Waals surface area contributed by atoms with Crippen LogP contribution in [0.4, 0.5) is 0 Å². The highest BCUT2D eigenvalue weighted by Gasteiger charge is 2.16. The van der Waals surface area contributed by atoms with Gasteiger partial charge >= 0.3 is 0 Å². The van der Waals surface area contributed by atoms with Gasteiger partial charge in [0.05, 0.1) is 0 Å². The van der Waals surface area contributed by atoms with Crippen LogP contribution in [0.2, 0.25) is 0 Å². The third kappa shape index (κ3) is 20.1. The van der Waals surface area contributed by atoms with Gasteiger partial charge < -0.3 is 4.90 Å². The highest BCUT2D eigenvalue weighted by Crippen LogP contribution is 2.17. The summed E-state index contributed by atoms with van der Waals surface area (Å²) in [5, 5.41) is 0. The number of halogens is 1. The molecule has 0 radical (unpaired) electrons. The number of carbonyl (C=O) groups excluding carboxylic acids is 1. The summed E-state index contributed by atoms with van der Waals surface area (Å²) < 4.78 is 0. The summed E-state index contributed by atoms with van der Waals surface area (Å²) in [7, 11) is 0. The van der Waals surface area contributed by atoms with E-state index in [4.69, 9.17) is 11.6 Å². The van der Waals surface area contributed by atoms with Gasteiger partial charge in [0.25, 0.3) is 0 Å². The molecule has 0 aliphatic carbocycles. The van der Waals surface area contributed by atoms with Crippen molar-refractivity contribution >= 4 is 17.5 Å². The van der Waals surface area contributed by atoms with Gasteiger partial charge in [0, 0.05) is 13.1 Å². The second-order valence-electron chi connectivity index (χ2n) is 9.69. The van der Waals surface area contributed by atoms with Crippen LogP contribution in [0.25, 0.3) is 0 Å². The molecule has 0 aromatic carbocycles. The van der Waals surface area contributed by atoms with Crippen molar-refractivity contribution in [1.29, 1.82) is 0 Å². The molecular formula is C28H56ClNO. The van der Waals surface area contributed by atoms with E-state index < -0.39 is 0 Å². The second-order valence-corrected chi connectivity index (χ2v) is 9.96. The topological polar surface area (TPSA) is 20.3 Å². The number of hydrogen-bond donors (Lipinski definition) is 0. The van der Waals surface area contributed by atoms with Crippen molar-refractivity contribution in [2.45, 2.75) is 149 Å². The average Bonchev–Trinajstić information content (AvgIpc) is 2.79. The quantitative estimate of drug-likeness (QED) is 0.104. The van der Waals surface area contributed by atoms with Crippen LogP contribution in [0.15, 0.2) is 0 Å². The third-order valence-electron chi connectivity index (χ3n) is 6.77. The highest BCUT2D eigenvalue weighted by atomic mass is 35.5. The Bertz CT molecular complexity index is 374. The van der Waals surface area contributed by atoms with E-state index in [0.29, 0.717) is 5.92 Å². The van der Waals surface area contributed by atoms with Crippen molar-refractivity contribution in [2.75, 3.05) is 19.0 Å². The number of unbranched alkanes of at least 4 members (excludes halogenated alkanes) is 16. The molecule has 31 heavy (non-hydrogen) atoms. The normalized spacial score (nSPS) is 12.3. The molecule has 0 saturated carbocycles. The van der Waals surface area contributed by atoms with Crippen LogP contribution in [0, 0.1) is 5.92 Å². The Kier molecular flexibility index (Phi) is 24.2. The standard InChI is InChI=1S/C28H56ClNO/c1-4-7-9-10-11-12-13-14-15-16-17-18-19-20-21-22-24-30(28(31)25-29)26-27(6-3)23-8-5-2/h27H,4-26H2,1-3H3. The molecule has 2 nitrogen and oxygen atoms in total.